The highest BCUT2D eigenvalue weighted by Gasteiger charge is 2.57. The summed E-state index contributed by atoms with van der Waals surface area (Å²) in [5.41, 5.74) is 1.05. The topological polar surface area (TPSA) is 62.3 Å². The average molecular weight is 372 g/mol. The van der Waals surface area contributed by atoms with Crippen LogP contribution < -0.4 is 5.32 Å². The molecular weight excluding hydrogens is 350 g/mol. The van der Waals surface area contributed by atoms with Crippen molar-refractivity contribution in [3.05, 3.63) is 64.9 Å². The minimum atomic E-state index is -0.908. The van der Waals surface area contributed by atoms with Crippen molar-refractivity contribution < 1.29 is 9.59 Å². The first-order valence-corrected chi connectivity index (χ1v) is 9.07. The van der Waals surface area contributed by atoms with E-state index in [0.29, 0.717) is 31.0 Å². The zero-order valence-electron chi connectivity index (χ0n) is 14.7. The van der Waals surface area contributed by atoms with Crippen LogP contribution in [0.1, 0.15) is 24.0 Å². The number of rotatable bonds is 7. The van der Waals surface area contributed by atoms with Gasteiger partial charge >= 0.3 is 0 Å². The molecule has 1 aromatic heterocycles. The van der Waals surface area contributed by atoms with Crippen molar-refractivity contribution in [3.63, 3.8) is 0 Å². The molecule has 5 nitrogen and oxygen atoms in total. The van der Waals surface area contributed by atoms with Crippen molar-refractivity contribution in [2.75, 3.05) is 13.6 Å². The largest absolute Gasteiger partial charge is 0.351 e. The van der Waals surface area contributed by atoms with E-state index in [0.717, 1.165) is 17.5 Å². The molecule has 0 saturated heterocycles. The Bertz CT molecular complexity index is 791. The van der Waals surface area contributed by atoms with Crippen LogP contribution in [0.5, 0.6) is 0 Å². The maximum absolute atomic E-state index is 12.8. The lowest BCUT2D eigenvalue weighted by atomic mass is 10.0. The summed E-state index contributed by atoms with van der Waals surface area (Å²) in [6, 6.07) is 11.2. The van der Waals surface area contributed by atoms with Crippen LogP contribution >= 0.6 is 11.6 Å². The third kappa shape index (κ3) is 4.05. The van der Waals surface area contributed by atoms with Crippen molar-refractivity contribution in [1.82, 2.24) is 15.2 Å². The van der Waals surface area contributed by atoms with E-state index in [4.69, 9.17) is 11.6 Å². The first-order valence-electron chi connectivity index (χ1n) is 8.69. The van der Waals surface area contributed by atoms with Gasteiger partial charge in [-0.3, -0.25) is 14.6 Å². The molecule has 1 aliphatic carbocycles. The van der Waals surface area contributed by atoms with Gasteiger partial charge in [0.25, 0.3) is 0 Å². The molecule has 1 fully saturated rings. The number of likely N-dealkylation sites (N-methyl/N-ethyl adjacent to an activating group) is 1. The second-order valence-corrected chi connectivity index (χ2v) is 7.10. The highest BCUT2D eigenvalue weighted by Crippen LogP contribution is 2.47. The molecule has 0 radical (unpaired) electrons. The van der Waals surface area contributed by atoms with E-state index in [1.807, 2.05) is 30.3 Å². The van der Waals surface area contributed by atoms with Crippen LogP contribution in [-0.2, 0) is 22.6 Å². The summed E-state index contributed by atoms with van der Waals surface area (Å²) in [5, 5.41) is 3.48. The predicted molar refractivity (Wildman–Crippen MR) is 101 cm³/mol. The van der Waals surface area contributed by atoms with Gasteiger partial charge < -0.3 is 10.2 Å². The number of hydrogen-bond donors (Lipinski definition) is 1. The summed E-state index contributed by atoms with van der Waals surface area (Å²) in [7, 11) is 1.75. The first-order chi connectivity index (χ1) is 12.5. The quantitative estimate of drug-likeness (QED) is 0.761. The summed E-state index contributed by atoms with van der Waals surface area (Å²) in [5.74, 6) is -0.318. The third-order valence-corrected chi connectivity index (χ3v) is 5.19. The number of carbonyl (C=O) groups excluding carboxylic acids is 2. The Hall–Kier alpha value is -2.40. The second-order valence-electron chi connectivity index (χ2n) is 6.69. The molecule has 2 aromatic rings. The lowest BCUT2D eigenvalue weighted by Gasteiger charge is -2.23. The Morgan fingerprint density at radius 2 is 1.88 bits per heavy atom. The molecule has 0 atom stereocenters. The highest BCUT2D eigenvalue weighted by molar-refractivity contribution is 6.31. The number of aromatic nitrogens is 1. The number of halogens is 1. The average Bonchev–Trinajstić information content (AvgIpc) is 3.47. The smallest absolute Gasteiger partial charge is 0.238 e. The van der Waals surface area contributed by atoms with E-state index in [1.165, 1.54) is 0 Å². The predicted octanol–water partition coefficient (Wildman–Crippen LogP) is 2.83. The zero-order chi connectivity index (χ0) is 18.6. The van der Waals surface area contributed by atoms with E-state index >= 15 is 0 Å². The van der Waals surface area contributed by atoms with Gasteiger partial charge in [0.15, 0.2) is 0 Å². The molecular formula is C20H22ClN3O2. The Kier molecular flexibility index (Phi) is 5.57. The van der Waals surface area contributed by atoms with Crippen molar-refractivity contribution in [2.45, 2.75) is 25.8 Å². The zero-order valence-corrected chi connectivity index (χ0v) is 15.5. The van der Waals surface area contributed by atoms with E-state index in [9.17, 15) is 9.59 Å². The SMILES string of the molecule is CN(CCc1ccncc1)C(=O)C1(C(=O)NCc2ccccc2Cl)CC1. The molecule has 6 heteroatoms. The van der Waals surface area contributed by atoms with Crippen LogP contribution in [-0.4, -0.2) is 35.3 Å². The fourth-order valence-electron chi connectivity index (χ4n) is 2.96. The maximum Gasteiger partial charge on any atom is 0.238 e. The van der Waals surface area contributed by atoms with Crippen LogP contribution in [0.25, 0.3) is 0 Å². The molecule has 26 heavy (non-hydrogen) atoms. The van der Waals surface area contributed by atoms with E-state index in [2.05, 4.69) is 10.3 Å². The van der Waals surface area contributed by atoms with Crippen LogP contribution in [0.15, 0.2) is 48.8 Å². The van der Waals surface area contributed by atoms with Gasteiger partial charge in [0, 0.05) is 37.6 Å². The second kappa shape index (κ2) is 7.87. The molecule has 0 aliphatic heterocycles. The van der Waals surface area contributed by atoms with Crippen LogP contribution in [0, 0.1) is 5.41 Å². The number of amides is 2. The summed E-state index contributed by atoms with van der Waals surface area (Å²) in [6.07, 6.45) is 5.41. The molecule has 3 rings (SSSR count). The van der Waals surface area contributed by atoms with Crippen molar-refractivity contribution in [2.24, 2.45) is 5.41 Å². The number of hydrogen-bond acceptors (Lipinski definition) is 3. The Morgan fingerprint density at radius 1 is 1.19 bits per heavy atom. The van der Waals surface area contributed by atoms with Gasteiger partial charge in [0.1, 0.15) is 5.41 Å². The van der Waals surface area contributed by atoms with Crippen molar-refractivity contribution in [3.8, 4) is 0 Å². The van der Waals surface area contributed by atoms with Gasteiger partial charge in [-0.05, 0) is 48.6 Å². The number of nitrogens with one attached hydrogen (secondary N) is 1. The van der Waals surface area contributed by atoms with Gasteiger partial charge in [-0.25, -0.2) is 0 Å². The molecule has 136 valence electrons. The summed E-state index contributed by atoms with van der Waals surface area (Å²) >= 11 is 6.12. The normalized spacial score (nSPS) is 14.5. The third-order valence-electron chi connectivity index (χ3n) is 4.82. The molecule has 0 spiro atoms. The number of benzene rings is 1. The van der Waals surface area contributed by atoms with Gasteiger partial charge in [0.05, 0.1) is 0 Å². The monoisotopic (exact) mass is 371 g/mol. The molecule has 1 aromatic carbocycles. The minimum absolute atomic E-state index is 0.108. The minimum Gasteiger partial charge on any atom is -0.351 e. The molecule has 0 unspecified atom stereocenters. The van der Waals surface area contributed by atoms with Gasteiger partial charge in [-0.15, -0.1) is 0 Å². The van der Waals surface area contributed by atoms with Gasteiger partial charge in [-0.2, -0.15) is 0 Å². The standard InChI is InChI=1S/C20H22ClN3O2/c1-24(13-8-15-6-11-22-12-7-15)19(26)20(9-10-20)18(25)23-14-16-4-2-3-5-17(16)21/h2-7,11-12H,8-10,13-14H2,1H3,(H,23,25). The van der Waals surface area contributed by atoms with E-state index < -0.39 is 5.41 Å². The molecule has 2 amide bonds. The number of pyridine rings is 1. The Balaban J connectivity index is 1.56. The Morgan fingerprint density at radius 3 is 2.54 bits per heavy atom. The van der Waals surface area contributed by atoms with Gasteiger partial charge in [-0.1, -0.05) is 29.8 Å². The molecule has 1 aliphatic rings. The number of carbonyl (C=O) groups is 2. The summed E-state index contributed by atoms with van der Waals surface area (Å²) in [6.45, 7) is 0.899. The lowest BCUT2D eigenvalue weighted by Crippen LogP contribution is -2.44. The lowest BCUT2D eigenvalue weighted by molar-refractivity contribution is -0.143. The summed E-state index contributed by atoms with van der Waals surface area (Å²) < 4.78 is 0. The summed E-state index contributed by atoms with van der Waals surface area (Å²) in [4.78, 5) is 31.1. The van der Waals surface area contributed by atoms with E-state index in [-0.39, 0.29) is 11.8 Å². The van der Waals surface area contributed by atoms with E-state index in [1.54, 1.807) is 30.4 Å². The van der Waals surface area contributed by atoms with Crippen molar-refractivity contribution >= 4 is 23.4 Å². The fraction of sp³-hybridized carbons (Fsp3) is 0.350. The molecule has 1 N–H and O–H groups in total. The van der Waals surface area contributed by atoms with Crippen LogP contribution in [0.2, 0.25) is 5.02 Å². The van der Waals surface area contributed by atoms with Gasteiger partial charge in [0.2, 0.25) is 11.8 Å². The highest BCUT2D eigenvalue weighted by atomic mass is 35.5. The van der Waals surface area contributed by atoms with Crippen LogP contribution in [0.4, 0.5) is 0 Å². The molecule has 0 bridgehead atoms. The number of nitrogens with zero attached hydrogens (tertiary/aromatic N) is 2. The first kappa shape index (κ1) is 18.4. The molecule has 1 saturated carbocycles. The molecule has 1 heterocycles. The maximum atomic E-state index is 12.8. The van der Waals surface area contributed by atoms with Crippen LogP contribution in [0.3, 0.4) is 0 Å². The van der Waals surface area contributed by atoms with Crippen molar-refractivity contribution in [1.29, 1.82) is 0 Å². The Labute approximate surface area is 158 Å². The fourth-order valence-corrected chi connectivity index (χ4v) is 3.17.